The summed E-state index contributed by atoms with van der Waals surface area (Å²) in [4.78, 5) is 22.0. The Morgan fingerprint density at radius 3 is 2.65 bits per heavy atom. The van der Waals surface area contributed by atoms with Gasteiger partial charge in [-0.25, -0.2) is 9.97 Å². The molecule has 0 spiro atoms. The summed E-state index contributed by atoms with van der Waals surface area (Å²) in [6.45, 7) is 4.19. The molecule has 0 bridgehead atoms. The van der Waals surface area contributed by atoms with Gasteiger partial charge in [0, 0.05) is 22.6 Å². The number of hydrogen-bond acceptors (Lipinski definition) is 5. The fraction of sp³-hybridized carbons (Fsp3) is 0.235. The van der Waals surface area contributed by atoms with E-state index >= 15 is 0 Å². The van der Waals surface area contributed by atoms with Gasteiger partial charge in [-0.2, -0.15) is 0 Å². The van der Waals surface area contributed by atoms with Gasteiger partial charge in [0.15, 0.2) is 0 Å². The largest absolute Gasteiger partial charge is 0.370 e. The average Bonchev–Trinajstić information content (AvgIpc) is 2.85. The molecule has 118 valence electrons. The number of carbonyl (C=O) groups excluding carboxylic acids is 1. The van der Waals surface area contributed by atoms with E-state index < -0.39 is 0 Å². The molecule has 3 aromatic rings. The van der Waals surface area contributed by atoms with Crippen LogP contribution in [0.25, 0.3) is 21.3 Å². The number of fused-ring (bicyclic) bond motifs is 1. The van der Waals surface area contributed by atoms with Crippen molar-refractivity contribution in [3.63, 3.8) is 0 Å². The lowest BCUT2D eigenvalue weighted by atomic mass is 10.0. The summed E-state index contributed by atoms with van der Waals surface area (Å²) in [5.74, 6) is 0.340. The van der Waals surface area contributed by atoms with Crippen molar-refractivity contribution in [2.45, 2.75) is 25.3 Å². The Labute approximate surface area is 143 Å². The SMILES string of the molecule is Cc1ccc(-c2c(C)sc3ncnc(SCCC(N)=O)c23)cc1. The van der Waals surface area contributed by atoms with Crippen molar-refractivity contribution in [3.05, 3.63) is 41.0 Å². The monoisotopic (exact) mass is 343 g/mol. The summed E-state index contributed by atoms with van der Waals surface area (Å²) in [6, 6.07) is 8.49. The maximum atomic E-state index is 11.0. The van der Waals surface area contributed by atoms with Crippen LogP contribution in [0.4, 0.5) is 0 Å². The van der Waals surface area contributed by atoms with Crippen LogP contribution >= 0.6 is 23.1 Å². The molecule has 0 radical (unpaired) electrons. The lowest BCUT2D eigenvalue weighted by Gasteiger charge is -2.06. The number of nitrogens with zero attached hydrogens (tertiary/aromatic N) is 2. The van der Waals surface area contributed by atoms with Gasteiger partial charge in [0.1, 0.15) is 16.2 Å². The van der Waals surface area contributed by atoms with Crippen molar-refractivity contribution in [2.75, 3.05) is 5.75 Å². The van der Waals surface area contributed by atoms with E-state index in [1.54, 1.807) is 29.4 Å². The number of nitrogens with two attached hydrogens (primary N) is 1. The van der Waals surface area contributed by atoms with Crippen molar-refractivity contribution >= 4 is 39.2 Å². The highest BCUT2D eigenvalue weighted by Crippen LogP contribution is 2.41. The summed E-state index contributed by atoms with van der Waals surface area (Å²) >= 11 is 3.23. The minimum Gasteiger partial charge on any atom is -0.370 e. The molecule has 6 heteroatoms. The second-order valence-electron chi connectivity index (χ2n) is 5.32. The van der Waals surface area contributed by atoms with Crippen molar-refractivity contribution < 1.29 is 4.79 Å². The summed E-state index contributed by atoms with van der Waals surface area (Å²) < 4.78 is 0. The van der Waals surface area contributed by atoms with Crippen LogP contribution in [-0.2, 0) is 4.79 Å². The molecule has 2 N–H and O–H groups in total. The first-order chi connectivity index (χ1) is 11.1. The number of aromatic nitrogens is 2. The third kappa shape index (κ3) is 3.38. The second kappa shape index (κ2) is 6.68. The van der Waals surface area contributed by atoms with E-state index in [0.29, 0.717) is 12.2 Å². The topological polar surface area (TPSA) is 68.9 Å². The van der Waals surface area contributed by atoms with Gasteiger partial charge in [0.25, 0.3) is 0 Å². The molecule has 1 aromatic carbocycles. The van der Waals surface area contributed by atoms with Crippen LogP contribution in [-0.4, -0.2) is 21.6 Å². The Bertz CT molecular complexity index is 856. The van der Waals surface area contributed by atoms with Crippen molar-refractivity contribution in [2.24, 2.45) is 5.73 Å². The number of amides is 1. The molecular weight excluding hydrogens is 326 g/mol. The number of primary amides is 1. The van der Waals surface area contributed by atoms with Gasteiger partial charge < -0.3 is 5.73 Å². The van der Waals surface area contributed by atoms with E-state index in [1.807, 2.05) is 0 Å². The minimum atomic E-state index is -0.289. The molecule has 0 aliphatic carbocycles. The predicted octanol–water partition coefficient (Wildman–Crippen LogP) is 3.94. The molecular formula is C17H17N3OS2. The predicted molar refractivity (Wildman–Crippen MR) is 96.9 cm³/mol. The number of aryl methyl sites for hydroxylation is 2. The quantitative estimate of drug-likeness (QED) is 0.563. The standard InChI is InChI=1S/C17H17N3OS2/c1-10-3-5-12(6-4-10)14-11(2)23-17-15(14)16(19-9-20-17)22-8-7-13(18)21/h3-6,9H,7-8H2,1-2H3,(H2,18,21). The summed E-state index contributed by atoms with van der Waals surface area (Å²) in [5, 5.41) is 1.99. The first kappa shape index (κ1) is 16.0. The van der Waals surface area contributed by atoms with Gasteiger partial charge in [-0.15, -0.1) is 23.1 Å². The molecule has 0 saturated carbocycles. The van der Waals surface area contributed by atoms with Gasteiger partial charge in [-0.3, -0.25) is 4.79 Å². The van der Waals surface area contributed by atoms with Crippen LogP contribution in [0.5, 0.6) is 0 Å². The van der Waals surface area contributed by atoms with Crippen LogP contribution in [0, 0.1) is 13.8 Å². The number of thiophene rings is 1. The minimum absolute atomic E-state index is 0.289. The first-order valence-electron chi connectivity index (χ1n) is 7.28. The highest BCUT2D eigenvalue weighted by Gasteiger charge is 2.17. The van der Waals surface area contributed by atoms with E-state index in [1.165, 1.54) is 21.6 Å². The van der Waals surface area contributed by atoms with Crippen LogP contribution in [0.2, 0.25) is 0 Å². The molecule has 0 unspecified atom stereocenters. The highest BCUT2D eigenvalue weighted by atomic mass is 32.2. The molecule has 23 heavy (non-hydrogen) atoms. The third-order valence-corrected chi connectivity index (χ3v) is 5.56. The van der Waals surface area contributed by atoms with Gasteiger partial charge >= 0.3 is 0 Å². The third-order valence-electron chi connectivity index (χ3n) is 3.56. The molecule has 0 fully saturated rings. The lowest BCUT2D eigenvalue weighted by Crippen LogP contribution is -2.10. The average molecular weight is 343 g/mol. The van der Waals surface area contributed by atoms with Crippen LogP contribution in [0.15, 0.2) is 35.6 Å². The fourth-order valence-electron chi connectivity index (χ4n) is 2.44. The fourth-order valence-corrected chi connectivity index (χ4v) is 4.48. The molecule has 1 amide bonds. The zero-order valence-corrected chi connectivity index (χ0v) is 14.6. The molecule has 2 aromatic heterocycles. The molecule has 0 aliphatic heterocycles. The summed E-state index contributed by atoms with van der Waals surface area (Å²) in [6.07, 6.45) is 1.93. The summed E-state index contributed by atoms with van der Waals surface area (Å²) in [7, 11) is 0. The van der Waals surface area contributed by atoms with Gasteiger partial charge in [0.05, 0.1) is 5.39 Å². The van der Waals surface area contributed by atoms with Gasteiger partial charge in [-0.05, 0) is 19.4 Å². The molecule has 0 atom stereocenters. The van der Waals surface area contributed by atoms with Crippen molar-refractivity contribution in [3.8, 4) is 11.1 Å². The Morgan fingerprint density at radius 2 is 1.96 bits per heavy atom. The number of rotatable bonds is 5. The van der Waals surface area contributed by atoms with Crippen LogP contribution in [0.3, 0.4) is 0 Å². The molecule has 0 saturated heterocycles. The smallest absolute Gasteiger partial charge is 0.218 e. The molecule has 3 rings (SSSR count). The maximum absolute atomic E-state index is 11.0. The zero-order chi connectivity index (χ0) is 16.4. The number of carbonyl (C=O) groups is 1. The van der Waals surface area contributed by atoms with Crippen LogP contribution < -0.4 is 5.73 Å². The number of thioether (sulfide) groups is 1. The zero-order valence-electron chi connectivity index (χ0n) is 13.0. The Hall–Kier alpha value is -1.92. The second-order valence-corrected chi connectivity index (χ2v) is 7.61. The van der Waals surface area contributed by atoms with E-state index in [0.717, 1.165) is 15.2 Å². The van der Waals surface area contributed by atoms with Gasteiger partial charge in [-0.1, -0.05) is 29.8 Å². The van der Waals surface area contributed by atoms with Crippen molar-refractivity contribution in [1.29, 1.82) is 0 Å². The summed E-state index contributed by atoms with van der Waals surface area (Å²) in [5.41, 5.74) is 8.82. The Morgan fingerprint density at radius 1 is 1.22 bits per heavy atom. The number of benzene rings is 1. The van der Waals surface area contributed by atoms with Gasteiger partial charge in [0.2, 0.25) is 5.91 Å². The molecule has 2 heterocycles. The van der Waals surface area contributed by atoms with E-state index in [9.17, 15) is 4.79 Å². The van der Waals surface area contributed by atoms with E-state index in [-0.39, 0.29) is 5.91 Å². The maximum Gasteiger partial charge on any atom is 0.218 e. The normalized spacial score (nSPS) is 11.0. The first-order valence-corrected chi connectivity index (χ1v) is 9.08. The Kier molecular flexibility index (Phi) is 4.63. The van der Waals surface area contributed by atoms with E-state index in [2.05, 4.69) is 48.1 Å². The lowest BCUT2D eigenvalue weighted by molar-refractivity contribution is -0.117. The number of hydrogen-bond donors (Lipinski definition) is 1. The highest BCUT2D eigenvalue weighted by molar-refractivity contribution is 7.99. The Balaban J connectivity index is 2.08. The van der Waals surface area contributed by atoms with Crippen LogP contribution in [0.1, 0.15) is 16.9 Å². The van der Waals surface area contributed by atoms with E-state index in [4.69, 9.17) is 5.73 Å². The van der Waals surface area contributed by atoms with Crippen molar-refractivity contribution in [1.82, 2.24) is 9.97 Å². The molecule has 0 aliphatic rings. The molecule has 4 nitrogen and oxygen atoms in total.